The van der Waals surface area contributed by atoms with E-state index in [2.05, 4.69) is 13.5 Å². The summed E-state index contributed by atoms with van der Waals surface area (Å²) in [5, 5.41) is 3.80. The van der Waals surface area contributed by atoms with Crippen molar-refractivity contribution in [3.63, 3.8) is 0 Å². The minimum atomic E-state index is -4.67. The predicted octanol–water partition coefficient (Wildman–Crippen LogP) is -1.49. The molecule has 1 aliphatic rings. The van der Waals surface area contributed by atoms with Gasteiger partial charge in [-0.3, -0.25) is 0 Å². The number of esters is 1. The van der Waals surface area contributed by atoms with Gasteiger partial charge in [-0.05, 0) is 0 Å². The van der Waals surface area contributed by atoms with Gasteiger partial charge in [0.1, 0.15) is 0 Å². The number of pyridine rings is 1. The van der Waals surface area contributed by atoms with Gasteiger partial charge in [-0.1, -0.05) is 0 Å². The minimum absolute atomic E-state index is 0.0645. The number of nitrogens with one attached hydrogen (secondary N) is 1. The number of alkyl halides is 3. The molecule has 0 spiro atoms. The van der Waals surface area contributed by atoms with E-state index < -0.39 is 50.9 Å². The van der Waals surface area contributed by atoms with Gasteiger partial charge in [-0.25, -0.2) is 0 Å². The number of rotatable bonds is 3. The van der Waals surface area contributed by atoms with Crippen LogP contribution in [0.2, 0.25) is 0 Å². The summed E-state index contributed by atoms with van der Waals surface area (Å²) < 4.78 is 49.1. The zero-order valence-electron chi connectivity index (χ0n) is 13.1. The Kier molecular flexibility index (Phi) is 4.94. The number of halogens is 4. The first-order valence-electron chi connectivity index (χ1n) is 7.08. The van der Waals surface area contributed by atoms with Crippen molar-refractivity contribution >= 4 is 21.6 Å². The number of amides is 1. The van der Waals surface area contributed by atoms with E-state index in [9.17, 15) is 22.8 Å². The summed E-state index contributed by atoms with van der Waals surface area (Å²) in [7, 11) is 1.19. The molecule has 0 fully saturated rings. The van der Waals surface area contributed by atoms with E-state index in [1.807, 2.05) is 4.08 Å². The van der Waals surface area contributed by atoms with Crippen molar-refractivity contribution < 1.29 is 49.0 Å². The molecule has 1 aromatic carbocycles. The van der Waals surface area contributed by atoms with Crippen molar-refractivity contribution in [3.05, 3.63) is 57.9 Å². The van der Waals surface area contributed by atoms with Crippen LogP contribution in [0.1, 0.15) is 26.5 Å². The Morgan fingerprint density at radius 1 is 1.23 bits per heavy atom. The van der Waals surface area contributed by atoms with Crippen LogP contribution in [-0.2, 0) is 10.9 Å². The Labute approximate surface area is 155 Å². The van der Waals surface area contributed by atoms with Gasteiger partial charge >= 0.3 is 155 Å². The number of methoxy groups -OCH3 is 1. The zero-order chi connectivity index (χ0) is 18.9. The molecule has 1 aliphatic heterocycles. The fourth-order valence-electron chi connectivity index (χ4n) is 2.18. The normalized spacial score (nSPS) is 12.9. The third kappa shape index (κ3) is 3.69. The summed E-state index contributed by atoms with van der Waals surface area (Å²) in [4.78, 5) is 27.6. The van der Waals surface area contributed by atoms with E-state index in [0.717, 1.165) is 23.4 Å². The topological polar surface area (TPSA) is 80.6 Å². The van der Waals surface area contributed by atoms with Crippen LogP contribution in [0, 0.1) is 0 Å². The molecule has 0 atom stereocenters. The molecule has 1 aromatic heterocycles. The molecule has 26 heavy (non-hydrogen) atoms. The van der Waals surface area contributed by atoms with Crippen LogP contribution in [0.15, 0.2) is 33.5 Å². The SMILES string of the molecule is COC(=O)c1cc2c(cc1NC(=O)c1cccc(C(F)(F)F)n1)=C[I-]N=2. The van der Waals surface area contributed by atoms with Crippen LogP contribution in [0.4, 0.5) is 18.9 Å². The molecule has 0 radical (unpaired) electrons. The van der Waals surface area contributed by atoms with E-state index in [-0.39, 0.29) is 11.3 Å². The number of hydrogen-bond acceptors (Lipinski definition) is 5. The summed E-state index contributed by atoms with van der Waals surface area (Å²) in [5.41, 5.74) is -1.41. The summed E-state index contributed by atoms with van der Waals surface area (Å²) in [6.07, 6.45) is -4.67. The third-order valence-corrected chi connectivity index (χ3v) is 5.15. The second-order valence-electron chi connectivity index (χ2n) is 5.10. The summed E-state index contributed by atoms with van der Waals surface area (Å²) in [6, 6.07) is 6.05. The van der Waals surface area contributed by atoms with Gasteiger partial charge in [-0.2, -0.15) is 0 Å². The van der Waals surface area contributed by atoms with Crippen LogP contribution in [0.3, 0.4) is 0 Å². The number of carbonyl (C=O) groups excluding carboxylic acids is 2. The molecule has 2 aromatic rings. The number of nitrogens with zero attached hydrogens (tertiary/aromatic N) is 2. The van der Waals surface area contributed by atoms with Gasteiger partial charge in [0.05, 0.1) is 0 Å². The summed E-state index contributed by atoms with van der Waals surface area (Å²) in [6.45, 7) is 0. The van der Waals surface area contributed by atoms with Gasteiger partial charge in [-0.15, -0.1) is 0 Å². The van der Waals surface area contributed by atoms with Crippen LogP contribution in [0.25, 0.3) is 4.08 Å². The second kappa shape index (κ2) is 7.02. The zero-order valence-corrected chi connectivity index (χ0v) is 15.3. The molecule has 0 bridgehead atoms. The van der Waals surface area contributed by atoms with E-state index >= 15 is 0 Å². The Hall–Kier alpha value is -2.50. The number of fused-ring (bicyclic) bond motifs is 1. The molecular formula is C16H10F3IN3O3-. The Bertz CT molecular complexity index is 1020. The third-order valence-electron chi connectivity index (χ3n) is 3.40. The first kappa shape index (κ1) is 18.3. The first-order chi connectivity index (χ1) is 12.3. The van der Waals surface area contributed by atoms with E-state index in [1.165, 1.54) is 13.2 Å². The number of ether oxygens (including phenoxy) is 1. The number of hydrogen-bond donors (Lipinski definition) is 1. The Balaban J connectivity index is 1.98. The van der Waals surface area contributed by atoms with Crippen molar-refractivity contribution in [1.82, 2.24) is 4.98 Å². The second-order valence-corrected chi connectivity index (χ2v) is 6.76. The fourth-order valence-corrected chi connectivity index (χ4v) is 3.84. The van der Waals surface area contributed by atoms with Gasteiger partial charge in [0.2, 0.25) is 0 Å². The molecule has 0 unspecified atom stereocenters. The molecule has 6 nitrogen and oxygen atoms in total. The molecule has 0 saturated carbocycles. The van der Waals surface area contributed by atoms with Gasteiger partial charge in [0.15, 0.2) is 0 Å². The molecule has 3 rings (SSSR count). The van der Waals surface area contributed by atoms with Crippen LogP contribution >= 0.6 is 0 Å². The average molecular weight is 476 g/mol. The van der Waals surface area contributed by atoms with Crippen molar-refractivity contribution in [2.75, 3.05) is 12.4 Å². The number of benzene rings is 1. The standard InChI is InChI=1S/C16H10F3IN3O3/c1-26-15(25)9-6-11-8(7-20-23-11)5-12(9)22-14(24)10-3-2-4-13(21-10)16(17,18)19/h2-7H,1H3,(H,22,24)/q-1. The Morgan fingerprint density at radius 2 is 2.00 bits per heavy atom. The maximum atomic E-state index is 12.8. The molecular weight excluding hydrogens is 466 g/mol. The van der Waals surface area contributed by atoms with Crippen LogP contribution < -0.4 is 37.4 Å². The molecule has 0 saturated heterocycles. The predicted molar refractivity (Wildman–Crippen MR) is 80.2 cm³/mol. The number of aromatic nitrogens is 1. The average Bonchev–Trinajstić information content (AvgIpc) is 3.07. The number of anilines is 1. The maximum absolute atomic E-state index is 12.8. The van der Waals surface area contributed by atoms with E-state index in [4.69, 9.17) is 4.74 Å². The van der Waals surface area contributed by atoms with Crippen molar-refractivity contribution in [2.45, 2.75) is 6.18 Å². The monoisotopic (exact) mass is 476 g/mol. The van der Waals surface area contributed by atoms with Gasteiger partial charge < -0.3 is 0 Å². The molecule has 1 amide bonds. The van der Waals surface area contributed by atoms with Gasteiger partial charge in [0.25, 0.3) is 0 Å². The molecule has 0 aliphatic carbocycles. The van der Waals surface area contributed by atoms with Crippen LogP contribution in [-0.4, -0.2) is 24.0 Å². The summed E-state index contributed by atoms with van der Waals surface area (Å²) in [5.74, 6) is -1.56. The van der Waals surface area contributed by atoms with Gasteiger partial charge in [0, 0.05) is 0 Å². The molecule has 2 heterocycles. The quantitative estimate of drug-likeness (QED) is 0.433. The molecule has 1 N–H and O–H groups in total. The summed E-state index contributed by atoms with van der Waals surface area (Å²) >= 11 is -0.523. The van der Waals surface area contributed by atoms with Crippen molar-refractivity contribution in [2.24, 2.45) is 3.21 Å². The van der Waals surface area contributed by atoms with Crippen molar-refractivity contribution in [1.29, 1.82) is 0 Å². The first-order valence-corrected chi connectivity index (χ1v) is 9.29. The van der Waals surface area contributed by atoms with Crippen LogP contribution in [0.5, 0.6) is 0 Å². The Morgan fingerprint density at radius 3 is 2.69 bits per heavy atom. The fraction of sp³-hybridized carbons (Fsp3) is 0.125. The number of carbonyl (C=O) groups is 2. The van der Waals surface area contributed by atoms with E-state index in [1.54, 1.807) is 6.07 Å². The van der Waals surface area contributed by atoms with E-state index in [0.29, 0.717) is 5.36 Å². The van der Waals surface area contributed by atoms with Crippen molar-refractivity contribution in [3.8, 4) is 0 Å². The molecule has 10 heteroatoms. The molecule has 136 valence electrons.